The number of carbonyl (C=O) groups excluding carboxylic acids is 2. The maximum Gasteiger partial charge on any atom is 0.255 e. The van der Waals surface area contributed by atoms with Crippen LogP contribution < -0.4 is 10.2 Å². The van der Waals surface area contributed by atoms with Crippen molar-refractivity contribution in [2.24, 2.45) is 11.8 Å². The first-order chi connectivity index (χ1) is 14.2. The Balaban J connectivity index is 1.44. The number of nitrogens with one attached hydrogen (secondary N) is 1. The minimum absolute atomic E-state index is 0.0238. The second kappa shape index (κ2) is 7.83. The summed E-state index contributed by atoms with van der Waals surface area (Å²) in [5.74, 6) is 1.90. The van der Waals surface area contributed by atoms with Gasteiger partial charge in [0.1, 0.15) is 22.7 Å². The SMILES string of the molecule is Cc1nc(CC2CN(C(=O)c3ccc(Cl)nc3)C2)nc2c1NC(=O)[C@H](C(C)C)N2C. The zero-order chi connectivity index (χ0) is 21.6. The van der Waals surface area contributed by atoms with Crippen molar-refractivity contribution in [3.8, 4) is 0 Å². The van der Waals surface area contributed by atoms with Crippen LogP contribution in [0, 0.1) is 18.8 Å². The first-order valence-electron chi connectivity index (χ1n) is 10.1. The smallest absolute Gasteiger partial charge is 0.255 e. The molecule has 2 aromatic rings. The molecule has 158 valence electrons. The molecule has 2 aliphatic rings. The van der Waals surface area contributed by atoms with Crippen molar-refractivity contribution in [2.75, 3.05) is 30.4 Å². The molecule has 0 bridgehead atoms. The van der Waals surface area contributed by atoms with Crippen LogP contribution in [0.2, 0.25) is 5.15 Å². The number of fused-ring (bicyclic) bond motifs is 1. The molecule has 30 heavy (non-hydrogen) atoms. The molecule has 2 aromatic heterocycles. The number of aromatic nitrogens is 3. The van der Waals surface area contributed by atoms with Crippen molar-refractivity contribution in [3.05, 3.63) is 40.6 Å². The fourth-order valence-electron chi connectivity index (χ4n) is 4.17. The summed E-state index contributed by atoms with van der Waals surface area (Å²) >= 11 is 5.79. The second-order valence-corrected chi connectivity index (χ2v) is 8.75. The van der Waals surface area contributed by atoms with Crippen LogP contribution in [0.15, 0.2) is 18.3 Å². The van der Waals surface area contributed by atoms with E-state index in [9.17, 15) is 9.59 Å². The summed E-state index contributed by atoms with van der Waals surface area (Å²) in [6.45, 7) is 7.25. The van der Waals surface area contributed by atoms with Gasteiger partial charge in [-0.2, -0.15) is 0 Å². The Kier molecular flexibility index (Phi) is 5.36. The molecule has 4 heterocycles. The molecular formula is C21H25ClN6O2. The van der Waals surface area contributed by atoms with E-state index in [2.05, 4.69) is 15.3 Å². The Bertz CT molecular complexity index is 988. The van der Waals surface area contributed by atoms with E-state index in [1.165, 1.54) is 6.20 Å². The summed E-state index contributed by atoms with van der Waals surface area (Å²) < 4.78 is 0. The predicted molar refractivity (Wildman–Crippen MR) is 115 cm³/mol. The van der Waals surface area contributed by atoms with E-state index in [-0.39, 0.29) is 23.8 Å². The third-order valence-corrected chi connectivity index (χ3v) is 5.93. The number of likely N-dealkylation sites (tertiary alicyclic amines) is 1. The largest absolute Gasteiger partial charge is 0.346 e. The highest BCUT2D eigenvalue weighted by molar-refractivity contribution is 6.29. The third-order valence-electron chi connectivity index (χ3n) is 5.71. The van der Waals surface area contributed by atoms with Crippen molar-refractivity contribution in [1.82, 2.24) is 19.9 Å². The van der Waals surface area contributed by atoms with E-state index >= 15 is 0 Å². The molecule has 0 aromatic carbocycles. The number of anilines is 2. The van der Waals surface area contributed by atoms with Gasteiger partial charge < -0.3 is 15.1 Å². The first kappa shape index (κ1) is 20.5. The van der Waals surface area contributed by atoms with Crippen LogP contribution in [0.4, 0.5) is 11.5 Å². The molecule has 0 saturated carbocycles. The lowest BCUT2D eigenvalue weighted by Gasteiger charge is -2.40. The maximum atomic E-state index is 12.5. The number of halogens is 1. The van der Waals surface area contributed by atoms with Crippen LogP contribution in [0.1, 0.15) is 35.7 Å². The molecule has 1 saturated heterocycles. The second-order valence-electron chi connectivity index (χ2n) is 8.36. The van der Waals surface area contributed by atoms with Crippen molar-refractivity contribution in [1.29, 1.82) is 0 Å². The molecule has 8 nitrogen and oxygen atoms in total. The molecule has 2 amide bonds. The van der Waals surface area contributed by atoms with Gasteiger partial charge in [0.15, 0.2) is 5.82 Å². The number of nitrogens with zero attached hydrogens (tertiary/aromatic N) is 5. The van der Waals surface area contributed by atoms with E-state index in [0.717, 1.165) is 17.3 Å². The van der Waals surface area contributed by atoms with Crippen molar-refractivity contribution in [2.45, 2.75) is 33.2 Å². The van der Waals surface area contributed by atoms with Gasteiger partial charge in [0.25, 0.3) is 5.91 Å². The van der Waals surface area contributed by atoms with Gasteiger partial charge in [-0.25, -0.2) is 15.0 Å². The van der Waals surface area contributed by atoms with Gasteiger partial charge in [0, 0.05) is 38.7 Å². The molecule has 1 fully saturated rings. The fourth-order valence-corrected chi connectivity index (χ4v) is 4.28. The molecule has 0 aliphatic carbocycles. The fraction of sp³-hybridized carbons (Fsp3) is 0.476. The van der Waals surface area contributed by atoms with Gasteiger partial charge in [0.2, 0.25) is 5.91 Å². The summed E-state index contributed by atoms with van der Waals surface area (Å²) in [4.78, 5) is 42.0. The van der Waals surface area contributed by atoms with Gasteiger partial charge in [0.05, 0.1) is 11.3 Å². The molecular weight excluding hydrogens is 404 g/mol. The van der Waals surface area contributed by atoms with E-state index in [4.69, 9.17) is 16.6 Å². The monoisotopic (exact) mass is 428 g/mol. The zero-order valence-corrected chi connectivity index (χ0v) is 18.3. The highest BCUT2D eigenvalue weighted by atomic mass is 35.5. The van der Waals surface area contributed by atoms with Gasteiger partial charge in [-0.3, -0.25) is 9.59 Å². The third kappa shape index (κ3) is 3.71. The topological polar surface area (TPSA) is 91.3 Å². The van der Waals surface area contributed by atoms with Crippen LogP contribution in [0.5, 0.6) is 0 Å². The summed E-state index contributed by atoms with van der Waals surface area (Å²) in [5.41, 5.74) is 1.98. The Morgan fingerprint density at radius 2 is 2.03 bits per heavy atom. The number of hydrogen-bond acceptors (Lipinski definition) is 6. The number of amides is 2. The Morgan fingerprint density at radius 3 is 2.67 bits per heavy atom. The first-order valence-corrected chi connectivity index (χ1v) is 10.4. The van der Waals surface area contributed by atoms with Crippen molar-refractivity contribution >= 4 is 34.9 Å². The Labute approximate surface area is 180 Å². The summed E-state index contributed by atoms with van der Waals surface area (Å²) in [7, 11) is 1.91. The predicted octanol–water partition coefficient (Wildman–Crippen LogP) is 2.56. The van der Waals surface area contributed by atoms with E-state index in [1.807, 2.05) is 32.7 Å². The molecule has 1 atom stereocenters. The molecule has 9 heteroatoms. The van der Waals surface area contributed by atoms with Gasteiger partial charge in [-0.1, -0.05) is 25.4 Å². The number of aryl methyl sites for hydroxylation is 1. The zero-order valence-electron chi connectivity index (χ0n) is 17.5. The Morgan fingerprint density at radius 1 is 1.30 bits per heavy atom. The number of likely N-dealkylation sites (N-methyl/N-ethyl adjacent to an activating group) is 1. The van der Waals surface area contributed by atoms with Crippen LogP contribution in [-0.4, -0.2) is 57.8 Å². The number of rotatable bonds is 4. The molecule has 0 spiro atoms. The van der Waals surface area contributed by atoms with E-state index in [0.29, 0.717) is 41.8 Å². The molecule has 0 unspecified atom stereocenters. The van der Waals surface area contributed by atoms with Gasteiger partial charge >= 0.3 is 0 Å². The lowest BCUT2D eigenvalue weighted by atomic mass is 9.95. The number of carbonyl (C=O) groups is 2. The van der Waals surface area contributed by atoms with Crippen LogP contribution in [0.3, 0.4) is 0 Å². The van der Waals surface area contributed by atoms with E-state index in [1.54, 1.807) is 17.0 Å². The minimum atomic E-state index is -0.260. The van der Waals surface area contributed by atoms with Crippen LogP contribution in [0.25, 0.3) is 0 Å². The number of hydrogen-bond donors (Lipinski definition) is 1. The van der Waals surface area contributed by atoms with Gasteiger partial charge in [-0.15, -0.1) is 0 Å². The van der Waals surface area contributed by atoms with E-state index < -0.39 is 0 Å². The lowest BCUT2D eigenvalue weighted by Crippen LogP contribution is -2.51. The van der Waals surface area contributed by atoms with Crippen molar-refractivity contribution in [3.63, 3.8) is 0 Å². The van der Waals surface area contributed by atoms with Crippen LogP contribution in [-0.2, 0) is 11.2 Å². The Hall–Kier alpha value is -2.74. The molecule has 4 rings (SSSR count). The molecule has 2 aliphatic heterocycles. The highest BCUT2D eigenvalue weighted by Crippen LogP contribution is 2.34. The highest BCUT2D eigenvalue weighted by Gasteiger charge is 2.36. The summed E-state index contributed by atoms with van der Waals surface area (Å²) in [6, 6.07) is 3.05. The minimum Gasteiger partial charge on any atom is -0.346 e. The number of pyridine rings is 1. The van der Waals surface area contributed by atoms with Crippen molar-refractivity contribution < 1.29 is 9.59 Å². The maximum absolute atomic E-state index is 12.5. The quantitative estimate of drug-likeness (QED) is 0.752. The summed E-state index contributed by atoms with van der Waals surface area (Å²) in [6.07, 6.45) is 2.19. The molecule has 0 radical (unpaired) electrons. The summed E-state index contributed by atoms with van der Waals surface area (Å²) in [5, 5.41) is 3.34. The average Bonchev–Trinajstić information content (AvgIpc) is 2.65. The molecule has 1 N–H and O–H groups in total. The van der Waals surface area contributed by atoms with Gasteiger partial charge in [-0.05, 0) is 25.0 Å². The van der Waals surface area contributed by atoms with Crippen LogP contribution >= 0.6 is 11.6 Å². The standard InChI is InChI=1S/C21H25ClN6O2/c1-11(2)18-20(29)26-17-12(3)24-16(25-19(17)27(18)4)7-13-9-28(10-13)21(30)14-5-6-15(22)23-8-14/h5-6,8,11,13,18H,7,9-10H2,1-4H3,(H,26,29)/t18-/m0/s1. The average molecular weight is 429 g/mol. The lowest BCUT2D eigenvalue weighted by molar-refractivity contribution is -0.118. The normalized spacial score (nSPS) is 18.9.